The lowest BCUT2D eigenvalue weighted by atomic mass is 10.2. The van der Waals surface area contributed by atoms with E-state index in [1.807, 2.05) is 6.92 Å². The van der Waals surface area contributed by atoms with Gasteiger partial charge in [-0.15, -0.1) is 0 Å². The van der Waals surface area contributed by atoms with Gasteiger partial charge < -0.3 is 14.6 Å². The Balaban J connectivity index is 1.72. The highest BCUT2D eigenvalue weighted by atomic mass is 16.5. The second-order valence-electron chi connectivity index (χ2n) is 4.34. The van der Waals surface area contributed by atoms with Crippen molar-refractivity contribution in [1.29, 1.82) is 0 Å². The number of aryl methyl sites for hydroxylation is 1. The first-order valence-corrected chi connectivity index (χ1v) is 5.85. The Kier molecular flexibility index (Phi) is 3.90. The molecule has 0 radical (unpaired) electrons. The smallest absolute Gasteiger partial charge is 0.226 e. The van der Waals surface area contributed by atoms with E-state index in [2.05, 4.69) is 15.5 Å². The summed E-state index contributed by atoms with van der Waals surface area (Å²) in [7, 11) is 1.71. The van der Waals surface area contributed by atoms with Gasteiger partial charge in [0.1, 0.15) is 0 Å². The van der Waals surface area contributed by atoms with Gasteiger partial charge >= 0.3 is 0 Å². The predicted molar refractivity (Wildman–Crippen MR) is 59.0 cm³/mol. The molecule has 1 aromatic rings. The molecule has 1 N–H and O–H groups in total. The molecule has 1 aliphatic carbocycles. The van der Waals surface area contributed by atoms with Crippen LogP contribution in [-0.2, 0) is 17.7 Å². The van der Waals surface area contributed by atoms with Crippen molar-refractivity contribution in [3.63, 3.8) is 0 Å². The molecule has 0 spiro atoms. The lowest BCUT2D eigenvalue weighted by Crippen LogP contribution is -2.16. The van der Waals surface area contributed by atoms with Gasteiger partial charge in [0, 0.05) is 19.6 Å². The summed E-state index contributed by atoms with van der Waals surface area (Å²) in [5.74, 6) is 1.46. The fourth-order valence-electron chi connectivity index (χ4n) is 1.43. The van der Waals surface area contributed by atoms with Crippen LogP contribution in [0.1, 0.15) is 37.9 Å². The summed E-state index contributed by atoms with van der Waals surface area (Å²) < 4.78 is 10.3. The molecule has 1 heterocycles. The first kappa shape index (κ1) is 11.5. The van der Waals surface area contributed by atoms with E-state index in [9.17, 15) is 0 Å². The molecule has 1 atom stereocenters. The SMILES string of the molecule is COC(C)CCc1nc(CNC2CC2)no1. The number of nitrogens with one attached hydrogen (secondary N) is 1. The predicted octanol–water partition coefficient (Wildman–Crippen LogP) is 1.29. The van der Waals surface area contributed by atoms with Gasteiger partial charge in [-0.3, -0.25) is 0 Å². The summed E-state index contributed by atoms with van der Waals surface area (Å²) in [5.41, 5.74) is 0. The third-order valence-corrected chi connectivity index (χ3v) is 2.80. The molecule has 1 unspecified atom stereocenters. The van der Waals surface area contributed by atoms with E-state index in [0.717, 1.165) is 18.7 Å². The summed E-state index contributed by atoms with van der Waals surface area (Å²) in [6.45, 7) is 2.75. The van der Waals surface area contributed by atoms with Crippen molar-refractivity contribution >= 4 is 0 Å². The summed E-state index contributed by atoms with van der Waals surface area (Å²) >= 11 is 0. The fraction of sp³-hybridized carbons (Fsp3) is 0.818. The third-order valence-electron chi connectivity index (χ3n) is 2.80. The zero-order valence-corrected chi connectivity index (χ0v) is 9.90. The third kappa shape index (κ3) is 3.57. The maximum atomic E-state index is 5.16. The van der Waals surface area contributed by atoms with Crippen molar-refractivity contribution < 1.29 is 9.26 Å². The van der Waals surface area contributed by atoms with Crippen LogP contribution < -0.4 is 5.32 Å². The minimum Gasteiger partial charge on any atom is -0.382 e. The topological polar surface area (TPSA) is 60.2 Å². The van der Waals surface area contributed by atoms with Gasteiger partial charge in [0.05, 0.1) is 12.6 Å². The van der Waals surface area contributed by atoms with E-state index >= 15 is 0 Å². The summed E-state index contributed by atoms with van der Waals surface area (Å²) in [5, 5.41) is 7.28. The summed E-state index contributed by atoms with van der Waals surface area (Å²) in [6, 6.07) is 0.676. The average Bonchev–Trinajstić information content (AvgIpc) is 3.02. The van der Waals surface area contributed by atoms with Crippen LogP contribution in [0.5, 0.6) is 0 Å². The molecule has 0 aromatic carbocycles. The van der Waals surface area contributed by atoms with Crippen LogP contribution in [0.3, 0.4) is 0 Å². The van der Waals surface area contributed by atoms with Crippen LogP contribution in [0.15, 0.2) is 4.52 Å². The molecule has 1 aliphatic rings. The van der Waals surface area contributed by atoms with E-state index in [4.69, 9.17) is 9.26 Å². The van der Waals surface area contributed by atoms with Gasteiger partial charge in [0.2, 0.25) is 5.89 Å². The van der Waals surface area contributed by atoms with Crippen LogP contribution in [-0.4, -0.2) is 29.4 Å². The molecule has 0 aliphatic heterocycles. The Morgan fingerprint density at radius 3 is 3.06 bits per heavy atom. The Labute approximate surface area is 95.6 Å². The van der Waals surface area contributed by atoms with Gasteiger partial charge in [-0.05, 0) is 26.2 Å². The van der Waals surface area contributed by atoms with Crippen molar-refractivity contribution in [2.75, 3.05) is 7.11 Å². The van der Waals surface area contributed by atoms with Gasteiger partial charge in [0.25, 0.3) is 0 Å². The molecule has 90 valence electrons. The quantitative estimate of drug-likeness (QED) is 0.757. The molecule has 16 heavy (non-hydrogen) atoms. The number of ether oxygens (including phenoxy) is 1. The Morgan fingerprint density at radius 2 is 2.38 bits per heavy atom. The van der Waals surface area contributed by atoms with Crippen molar-refractivity contribution in [3.05, 3.63) is 11.7 Å². The molecule has 5 heteroatoms. The molecule has 0 bridgehead atoms. The largest absolute Gasteiger partial charge is 0.382 e. The van der Waals surface area contributed by atoms with Crippen LogP contribution in [0.25, 0.3) is 0 Å². The van der Waals surface area contributed by atoms with E-state index in [1.54, 1.807) is 7.11 Å². The summed E-state index contributed by atoms with van der Waals surface area (Å²) in [6.07, 6.45) is 4.48. The zero-order chi connectivity index (χ0) is 11.4. The van der Waals surface area contributed by atoms with Crippen LogP contribution in [0.2, 0.25) is 0 Å². The molecule has 5 nitrogen and oxygen atoms in total. The van der Waals surface area contributed by atoms with Crippen LogP contribution in [0, 0.1) is 0 Å². The highest BCUT2D eigenvalue weighted by Crippen LogP contribution is 2.18. The summed E-state index contributed by atoms with van der Waals surface area (Å²) in [4.78, 5) is 4.32. The molecule has 0 saturated heterocycles. The monoisotopic (exact) mass is 225 g/mol. The van der Waals surface area contributed by atoms with E-state index in [0.29, 0.717) is 18.5 Å². The van der Waals surface area contributed by atoms with Crippen LogP contribution in [0.4, 0.5) is 0 Å². The van der Waals surface area contributed by atoms with Crippen molar-refractivity contribution in [3.8, 4) is 0 Å². The average molecular weight is 225 g/mol. The van der Waals surface area contributed by atoms with E-state index in [-0.39, 0.29) is 6.10 Å². The molecule has 2 rings (SSSR count). The number of rotatable bonds is 7. The maximum absolute atomic E-state index is 5.16. The first-order valence-electron chi connectivity index (χ1n) is 5.85. The lowest BCUT2D eigenvalue weighted by molar-refractivity contribution is 0.109. The van der Waals surface area contributed by atoms with E-state index in [1.165, 1.54) is 12.8 Å². The van der Waals surface area contributed by atoms with Crippen LogP contribution >= 0.6 is 0 Å². The number of nitrogens with zero attached hydrogens (tertiary/aromatic N) is 2. The van der Waals surface area contributed by atoms with Crippen molar-refractivity contribution in [2.45, 2.75) is 51.3 Å². The fourth-order valence-corrected chi connectivity index (χ4v) is 1.43. The van der Waals surface area contributed by atoms with Gasteiger partial charge in [-0.1, -0.05) is 5.16 Å². The molecular weight excluding hydrogens is 206 g/mol. The number of hydrogen-bond acceptors (Lipinski definition) is 5. The maximum Gasteiger partial charge on any atom is 0.226 e. The Hall–Kier alpha value is -0.940. The second kappa shape index (κ2) is 5.41. The van der Waals surface area contributed by atoms with Gasteiger partial charge in [-0.25, -0.2) is 0 Å². The number of hydrogen-bond donors (Lipinski definition) is 1. The van der Waals surface area contributed by atoms with Crippen molar-refractivity contribution in [2.24, 2.45) is 0 Å². The van der Waals surface area contributed by atoms with Gasteiger partial charge in [-0.2, -0.15) is 4.98 Å². The lowest BCUT2D eigenvalue weighted by Gasteiger charge is -2.05. The normalized spacial score (nSPS) is 17.6. The standard InChI is InChI=1S/C11H19N3O2/c1-8(15-2)3-6-11-13-10(14-16-11)7-12-9-4-5-9/h8-9,12H,3-7H2,1-2H3. The second-order valence-corrected chi connectivity index (χ2v) is 4.34. The minimum atomic E-state index is 0.236. The first-order chi connectivity index (χ1) is 7.78. The molecule has 1 fully saturated rings. The molecule has 0 amide bonds. The molecule has 1 saturated carbocycles. The Morgan fingerprint density at radius 1 is 1.56 bits per heavy atom. The zero-order valence-electron chi connectivity index (χ0n) is 9.90. The van der Waals surface area contributed by atoms with Gasteiger partial charge in [0.15, 0.2) is 5.82 Å². The highest BCUT2D eigenvalue weighted by molar-refractivity contribution is 4.89. The Bertz CT molecular complexity index is 323. The number of methoxy groups -OCH3 is 1. The highest BCUT2D eigenvalue weighted by Gasteiger charge is 2.21. The van der Waals surface area contributed by atoms with E-state index < -0.39 is 0 Å². The van der Waals surface area contributed by atoms with Crippen molar-refractivity contribution in [1.82, 2.24) is 15.5 Å². The molecule has 1 aromatic heterocycles. The minimum absolute atomic E-state index is 0.236. The molecular formula is C11H19N3O2. The number of aromatic nitrogens is 2.